The summed E-state index contributed by atoms with van der Waals surface area (Å²) in [7, 11) is 0. The summed E-state index contributed by atoms with van der Waals surface area (Å²) in [6.45, 7) is 1.91. The van der Waals surface area contributed by atoms with Crippen molar-refractivity contribution in [1.29, 1.82) is 0 Å². The number of carboxylic acids is 1. The molecule has 92 valence electrons. The monoisotopic (exact) mass is 264 g/mol. The lowest BCUT2D eigenvalue weighted by Crippen LogP contribution is -2.49. The van der Waals surface area contributed by atoms with Gasteiger partial charge in [-0.25, -0.2) is 9.59 Å². The van der Waals surface area contributed by atoms with Crippen LogP contribution in [-0.2, 0) is 4.79 Å². The number of carboxylic acid groups (broad SMARTS) is 1. The molecule has 16 heavy (non-hydrogen) atoms. The second-order valence-corrected chi connectivity index (χ2v) is 5.54. The van der Waals surface area contributed by atoms with Gasteiger partial charge in [-0.2, -0.15) is 11.8 Å². The number of carbonyl (C=O) groups excluding carboxylic acids is 1. The van der Waals surface area contributed by atoms with Crippen molar-refractivity contribution >= 4 is 35.5 Å². The highest BCUT2D eigenvalue weighted by atomic mass is 32.2. The molecule has 5 nitrogen and oxygen atoms in total. The zero-order valence-electron chi connectivity index (χ0n) is 9.30. The van der Waals surface area contributed by atoms with E-state index in [0.29, 0.717) is 11.6 Å². The van der Waals surface area contributed by atoms with Crippen LogP contribution in [0.3, 0.4) is 0 Å². The van der Waals surface area contributed by atoms with Crippen LogP contribution < -0.4 is 5.32 Å². The number of nitrogens with one attached hydrogen (secondary N) is 1. The van der Waals surface area contributed by atoms with E-state index in [2.05, 4.69) is 5.32 Å². The maximum absolute atomic E-state index is 11.8. The average molecular weight is 264 g/mol. The minimum atomic E-state index is -0.933. The first kappa shape index (κ1) is 13.5. The Kier molecular flexibility index (Phi) is 5.27. The lowest BCUT2D eigenvalue weighted by Gasteiger charge is -2.23. The van der Waals surface area contributed by atoms with Crippen LogP contribution in [0.1, 0.15) is 6.92 Å². The summed E-state index contributed by atoms with van der Waals surface area (Å²) in [4.78, 5) is 24.0. The average Bonchev–Trinajstić information content (AvgIpc) is 2.65. The van der Waals surface area contributed by atoms with Crippen molar-refractivity contribution in [3.8, 4) is 0 Å². The van der Waals surface area contributed by atoms with E-state index < -0.39 is 12.0 Å². The number of thioether (sulfide) groups is 2. The van der Waals surface area contributed by atoms with Gasteiger partial charge in [-0.15, -0.1) is 11.8 Å². The van der Waals surface area contributed by atoms with Gasteiger partial charge in [0.15, 0.2) is 0 Å². The van der Waals surface area contributed by atoms with Gasteiger partial charge in [-0.3, -0.25) is 0 Å². The van der Waals surface area contributed by atoms with Crippen molar-refractivity contribution in [2.75, 3.05) is 23.6 Å². The zero-order valence-corrected chi connectivity index (χ0v) is 10.9. The third-order valence-corrected chi connectivity index (χ3v) is 4.06. The summed E-state index contributed by atoms with van der Waals surface area (Å²) in [6, 6.07) is -0.909. The van der Waals surface area contributed by atoms with E-state index >= 15 is 0 Å². The van der Waals surface area contributed by atoms with Gasteiger partial charge in [0.1, 0.15) is 6.04 Å². The number of nitrogens with zero attached hydrogens (tertiary/aromatic N) is 1. The van der Waals surface area contributed by atoms with Crippen molar-refractivity contribution in [2.45, 2.75) is 19.0 Å². The third kappa shape index (κ3) is 3.48. The number of hydrogen-bond donors (Lipinski definition) is 2. The van der Waals surface area contributed by atoms with E-state index in [1.807, 2.05) is 13.2 Å². The largest absolute Gasteiger partial charge is 0.480 e. The first-order valence-corrected chi connectivity index (χ1v) is 7.47. The smallest absolute Gasteiger partial charge is 0.327 e. The summed E-state index contributed by atoms with van der Waals surface area (Å²) in [6.07, 6.45) is 1.97. The quantitative estimate of drug-likeness (QED) is 0.790. The Bertz CT molecular complexity index is 275. The number of urea groups is 1. The van der Waals surface area contributed by atoms with E-state index in [1.54, 1.807) is 11.8 Å². The molecule has 1 aliphatic heterocycles. The third-order valence-electron chi connectivity index (χ3n) is 2.21. The molecule has 0 bridgehead atoms. The van der Waals surface area contributed by atoms with Crippen LogP contribution in [0.15, 0.2) is 0 Å². The molecule has 2 unspecified atom stereocenters. The molecule has 0 radical (unpaired) electrons. The Labute approximate surface area is 103 Å². The molecule has 0 aromatic heterocycles. The van der Waals surface area contributed by atoms with Crippen molar-refractivity contribution < 1.29 is 14.7 Å². The molecule has 1 rings (SSSR count). The van der Waals surface area contributed by atoms with E-state index in [0.717, 1.165) is 5.75 Å². The maximum Gasteiger partial charge on any atom is 0.327 e. The molecule has 1 fully saturated rings. The lowest BCUT2D eigenvalue weighted by molar-refractivity contribution is -0.140. The summed E-state index contributed by atoms with van der Waals surface area (Å²) in [5.41, 5.74) is 0. The van der Waals surface area contributed by atoms with Crippen molar-refractivity contribution in [2.24, 2.45) is 0 Å². The van der Waals surface area contributed by atoms with E-state index in [-0.39, 0.29) is 12.1 Å². The number of carbonyl (C=O) groups is 2. The predicted octanol–water partition coefficient (Wildman–Crippen LogP) is 0.907. The van der Waals surface area contributed by atoms with Crippen LogP contribution in [-0.4, -0.2) is 57.7 Å². The highest BCUT2D eigenvalue weighted by molar-refractivity contribution is 7.99. The van der Waals surface area contributed by atoms with Crippen molar-refractivity contribution in [1.82, 2.24) is 10.2 Å². The minimum absolute atomic E-state index is 0.0579. The summed E-state index contributed by atoms with van der Waals surface area (Å²) in [5.74, 6) is 0.816. The fourth-order valence-electron chi connectivity index (χ4n) is 1.43. The molecule has 2 amide bonds. The second-order valence-electron chi connectivity index (χ2n) is 3.63. The molecule has 2 N–H and O–H groups in total. The fourth-order valence-corrected chi connectivity index (χ4v) is 3.16. The molecule has 7 heteroatoms. The van der Waals surface area contributed by atoms with Crippen LogP contribution in [0.4, 0.5) is 4.79 Å². The number of hydrogen-bond acceptors (Lipinski definition) is 4. The molecular weight excluding hydrogens is 248 g/mol. The van der Waals surface area contributed by atoms with Crippen molar-refractivity contribution in [3.63, 3.8) is 0 Å². The number of amides is 2. The molecule has 0 aromatic rings. The van der Waals surface area contributed by atoms with E-state index in [9.17, 15) is 9.59 Å². The first-order chi connectivity index (χ1) is 7.56. The molecule has 1 heterocycles. The van der Waals surface area contributed by atoms with E-state index in [4.69, 9.17) is 5.11 Å². The maximum atomic E-state index is 11.8. The zero-order chi connectivity index (χ0) is 12.1. The second kappa shape index (κ2) is 6.24. The lowest BCUT2D eigenvalue weighted by atomic mass is 10.3. The van der Waals surface area contributed by atoms with Gasteiger partial charge in [0.25, 0.3) is 0 Å². The van der Waals surface area contributed by atoms with Gasteiger partial charge in [0, 0.05) is 17.5 Å². The Balaban J connectivity index is 2.49. The standard InChI is InChI=1S/C9H16N2O3S2/c1-6(3-15-2)10-9(14)11-5-16-4-7(11)8(12)13/h6-7H,3-5H2,1-2H3,(H,10,14)(H,12,13). The molecule has 1 aliphatic rings. The fraction of sp³-hybridized carbons (Fsp3) is 0.778. The van der Waals surface area contributed by atoms with Crippen LogP contribution in [0.25, 0.3) is 0 Å². The van der Waals surface area contributed by atoms with Gasteiger partial charge < -0.3 is 15.3 Å². The summed E-state index contributed by atoms with van der Waals surface area (Å²) >= 11 is 3.11. The molecule has 0 aromatic carbocycles. The van der Waals surface area contributed by atoms with Gasteiger partial charge in [0.2, 0.25) is 0 Å². The predicted molar refractivity (Wildman–Crippen MR) is 67.0 cm³/mol. The molecule has 2 atom stereocenters. The van der Waals surface area contributed by atoms with Crippen molar-refractivity contribution in [3.05, 3.63) is 0 Å². The van der Waals surface area contributed by atoms with Crippen LogP contribution >= 0.6 is 23.5 Å². The van der Waals surface area contributed by atoms with Crippen LogP contribution in [0.2, 0.25) is 0 Å². The Hall–Kier alpha value is -0.560. The highest BCUT2D eigenvalue weighted by Crippen LogP contribution is 2.21. The normalized spacial score (nSPS) is 21.9. The summed E-state index contributed by atoms with van der Waals surface area (Å²) < 4.78 is 0. The SMILES string of the molecule is CSCC(C)NC(=O)N1CSCC1C(=O)O. The Morgan fingerprint density at radius 3 is 2.94 bits per heavy atom. The Morgan fingerprint density at radius 1 is 1.69 bits per heavy atom. The molecule has 0 spiro atoms. The molecule has 1 saturated heterocycles. The molecule has 0 saturated carbocycles. The van der Waals surface area contributed by atoms with Gasteiger partial charge >= 0.3 is 12.0 Å². The van der Waals surface area contributed by atoms with Gasteiger partial charge in [-0.1, -0.05) is 0 Å². The minimum Gasteiger partial charge on any atom is -0.480 e. The topological polar surface area (TPSA) is 69.6 Å². The van der Waals surface area contributed by atoms with Crippen LogP contribution in [0.5, 0.6) is 0 Å². The highest BCUT2D eigenvalue weighted by Gasteiger charge is 2.34. The summed E-state index contributed by atoms with van der Waals surface area (Å²) in [5, 5.41) is 11.7. The van der Waals surface area contributed by atoms with Gasteiger partial charge in [-0.05, 0) is 13.2 Å². The van der Waals surface area contributed by atoms with E-state index in [1.165, 1.54) is 16.7 Å². The molecular formula is C9H16N2O3S2. The van der Waals surface area contributed by atoms with Crippen LogP contribution in [0, 0.1) is 0 Å². The number of rotatable bonds is 4. The number of aliphatic carboxylic acids is 1. The first-order valence-electron chi connectivity index (χ1n) is 4.93. The molecule has 0 aliphatic carbocycles. The van der Waals surface area contributed by atoms with Gasteiger partial charge in [0.05, 0.1) is 5.88 Å². The Morgan fingerprint density at radius 2 is 2.38 bits per heavy atom.